The van der Waals surface area contributed by atoms with Crippen LogP contribution in [-0.2, 0) is 0 Å². The quantitative estimate of drug-likeness (QED) is 0.149. The molecule has 9 aromatic carbocycles. The second-order valence-electron chi connectivity index (χ2n) is 12.0. The number of hydrogen-bond donors (Lipinski definition) is 0. The summed E-state index contributed by atoms with van der Waals surface area (Å²) in [5.41, 5.74) is 6.85. The van der Waals surface area contributed by atoms with Gasteiger partial charge in [0.2, 0.25) is 0 Å². The van der Waals surface area contributed by atoms with Gasteiger partial charge < -0.3 is 4.42 Å². The van der Waals surface area contributed by atoms with Crippen LogP contribution < -0.4 is 0 Å². The summed E-state index contributed by atoms with van der Waals surface area (Å²) in [4.78, 5) is 0. The van der Waals surface area contributed by atoms with Gasteiger partial charge in [-0.2, -0.15) is 0 Å². The summed E-state index contributed by atoms with van der Waals surface area (Å²) in [6, 6.07) is 57.3. The van der Waals surface area contributed by atoms with Crippen LogP contribution in [0.15, 0.2) is 162 Å². The number of para-hydroxylation sites is 1. The van der Waals surface area contributed by atoms with Crippen molar-refractivity contribution in [2.45, 2.75) is 0 Å². The predicted octanol–water partition coefficient (Wildman–Crippen LogP) is 12.7. The number of furan rings is 1. The molecule has 0 atom stereocenters. The van der Waals surface area contributed by atoms with Crippen LogP contribution in [0.5, 0.6) is 0 Å². The van der Waals surface area contributed by atoms with E-state index in [4.69, 9.17) is 4.42 Å². The summed E-state index contributed by atoms with van der Waals surface area (Å²) in [5.74, 6) is 0. The van der Waals surface area contributed by atoms with Crippen LogP contribution in [-0.4, -0.2) is 0 Å². The van der Waals surface area contributed by atoms with Crippen molar-refractivity contribution in [2.75, 3.05) is 0 Å². The van der Waals surface area contributed by atoms with Crippen molar-refractivity contribution < 1.29 is 4.42 Å². The average Bonchev–Trinajstić information content (AvgIpc) is 3.50. The minimum absolute atomic E-state index is 0.915. The molecule has 0 amide bonds. The van der Waals surface area contributed by atoms with Gasteiger partial charge in [-0.15, -0.1) is 0 Å². The van der Waals surface area contributed by atoms with Crippen LogP contribution >= 0.6 is 0 Å². The summed E-state index contributed by atoms with van der Waals surface area (Å²) < 4.78 is 6.63. The van der Waals surface area contributed by atoms with E-state index in [0.29, 0.717) is 0 Å². The number of rotatable bonds is 2. The molecule has 0 spiro atoms. The SMILES string of the molecule is c1ccc2c(c1)ccc1c(-c3c4ccccc4c(-c4cc5ccccc5c5oc6ccccc6c45)c4ccccc34)cccc12. The van der Waals surface area contributed by atoms with Gasteiger partial charge in [0.1, 0.15) is 11.2 Å². The summed E-state index contributed by atoms with van der Waals surface area (Å²) >= 11 is 0. The molecule has 0 fully saturated rings. The van der Waals surface area contributed by atoms with Crippen LogP contribution in [0.2, 0.25) is 0 Å². The first-order chi connectivity index (χ1) is 22.3. The molecular formula is C44H26O. The Balaban J connectivity index is 1.40. The monoisotopic (exact) mass is 570 g/mol. The van der Waals surface area contributed by atoms with Crippen molar-refractivity contribution in [2.24, 2.45) is 0 Å². The molecule has 10 rings (SSSR count). The molecule has 0 bridgehead atoms. The van der Waals surface area contributed by atoms with Gasteiger partial charge in [0, 0.05) is 16.2 Å². The van der Waals surface area contributed by atoms with Crippen molar-refractivity contribution >= 4 is 75.8 Å². The molecule has 10 aromatic rings. The molecule has 0 saturated heterocycles. The van der Waals surface area contributed by atoms with Crippen molar-refractivity contribution in [1.82, 2.24) is 0 Å². The smallest absolute Gasteiger partial charge is 0.143 e. The van der Waals surface area contributed by atoms with Crippen LogP contribution in [0.3, 0.4) is 0 Å². The first-order valence-electron chi connectivity index (χ1n) is 15.5. The van der Waals surface area contributed by atoms with Gasteiger partial charge in [0.05, 0.1) is 0 Å². The standard InChI is InChI=1S/C44H26O/c1-3-14-29-27(12-1)24-25-32-31(29)21-11-22-33(32)41-34-16-5-7-18-36(34)42(37-19-8-6-17-35(37)41)39-26-28-13-2-4-15-30(28)44-43(39)38-20-9-10-23-40(38)45-44/h1-26H. The maximum Gasteiger partial charge on any atom is 0.143 e. The van der Waals surface area contributed by atoms with Gasteiger partial charge in [-0.05, 0) is 82.9 Å². The zero-order chi connectivity index (χ0) is 29.5. The third-order valence-electron chi connectivity index (χ3n) is 9.63. The lowest BCUT2D eigenvalue weighted by Gasteiger charge is -2.20. The number of hydrogen-bond acceptors (Lipinski definition) is 1. The Hall–Kier alpha value is -5.92. The van der Waals surface area contributed by atoms with Crippen molar-refractivity contribution in [1.29, 1.82) is 0 Å². The Morgan fingerprint density at radius 1 is 0.311 bits per heavy atom. The van der Waals surface area contributed by atoms with E-state index >= 15 is 0 Å². The fourth-order valence-electron chi connectivity index (χ4n) is 7.72. The van der Waals surface area contributed by atoms with E-state index in [1.54, 1.807) is 0 Å². The molecule has 0 aliphatic rings. The van der Waals surface area contributed by atoms with E-state index in [9.17, 15) is 0 Å². The second-order valence-corrected chi connectivity index (χ2v) is 12.0. The Bertz CT molecular complexity index is 2760. The molecular weight excluding hydrogens is 544 g/mol. The molecule has 0 aliphatic carbocycles. The third-order valence-corrected chi connectivity index (χ3v) is 9.63. The van der Waals surface area contributed by atoms with Gasteiger partial charge >= 0.3 is 0 Å². The van der Waals surface area contributed by atoms with E-state index in [0.717, 1.165) is 21.9 Å². The molecule has 1 heteroatoms. The lowest BCUT2D eigenvalue weighted by atomic mass is 9.83. The largest absolute Gasteiger partial charge is 0.455 e. The van der Waals surface area contributed by atoms with E-state index < -0.39 is 0 Å². The Morgan fingerprint density at radius 2 is 0.844 bits per heavy atom. The Morgan fingerprint density at radius 3 is 1.56 bits per heavy atom. The van der Waals surface area contributed by atoms with Gasteiger partial charge in [-0.1, -0.05) is 146 Å². The normalized spacial score (nSPS) is 12.0. The summed E-state index contributed by atoms with van der Waals surface area (Å²) in [7, 11) is 0. The van der Waals surface area contributed by atoms with Crippen LogP contribution in [0.1, 0.15) is 0 Å². The van der Waals surface area contributed by atoms with Crippen LogP contribution in [0.25, 0.3) is 98.1 Å². The van der Waals surface area contributed by atoms with E-state index in [2.05, 4.69) is 158 Å². The summed E-state index contributed by atoms with van der Waals surface area (Å²) in [6.07, 6.45) is 0. The van der Waals surface area contributed by atoms with Gasteiger partial charge in [0.25, 0.3) is 0 Å². The Kier molecular flexibility index (Phi) is 5.06. The molecule has 45 heavy (non-hydrogen) atoms. The number of fused-ring (bicyclic) bond motifs is 10. The Labute approximate surface area is 259 Å². The highest BCUT2D eigenvalue weighted by atomic mass is 16.3. The first-order valence-corrected chi connectivity index (χ1v) is 15.5. The van der Waals surface area contributed by atoms with E-state index in [1.165, 1.54) is 76.1 Å². The fourth-order valence-corrected chi connectivity index (χ4v) is 7.72. The minimum atomic E-state index is 0.915. The maximum atomic E-state index is 6.63. The highest BCUT2D eigenvalue weighted by Gasteiger charge is 2.22. The average molecular weight is 571 g/mol. The molecule has 0 saturated carbocycles. The van der Waals surface area contributed by atoms with Gasteiger partial charge in [0.15, 0.2) is 0 Å². The lowest BCUT2D eigenvalue weighted by Crippen LogP contribution is -1.92. The fraction of sp³-hybridized carbons (Fsp3) is 0. The molecule has 208 valence electrons. The molecule has 1 aromatic heterocycles. The third kappa shape index (κ3) is 3.44. The van der Waals surface area contributed by atoms with Crippen molar-refractivity contribution in [3.05, 3.63) is 158 Å². The maximum absolute atomic E-state index is 6.63. The molecule has 0 N–H and O–H groups in total. The molecule has 0 radical (unpaired) electrons. The van der Waals surface area contributed by atoms with E-state index in [1.807, 2.05) is 0 Å². The van der Waals surface area contributed by atoms with Gasteiger partial charge in [-0.25, -0.2) is 0 Å². The zero-order valence-electron chi connectivity index (χ0n) is 24.4. The first kappa shape index (κ1) is 24.5. The van der Waals surface area contributed by atoms with Gasteiger partial charge in [-0.3, -0.25) is 0 Å². The highest BCUT2D eigenvalue weighted by Crippen LogP contribution is 2.49. The zero-order valence-corrected chi connectivity index (χ0v) is 24.4. The van der Waals surface area contributed by atoms with Crippen molar-refractivity contribution in [3.8, 4) is 22.3 Å². The predicted molar refractivity (Wildman–Crippen MR) is 192 cm³/mol. The second kappa shape index (κ2) is 9.29. The lowest BCUT2D eigenvalue weighted by molar-refractivity contribution is 0.673. The van der Waals surface area contributed by atoms with E-state index in [-0.39, 0.29) is 0 Å². The molecule has 1 heterocycles. The van der Waals surface area contributed by atoms with Crippen molar-refractivity contribution in [3.63, 3.8) is 0 Å². The van der Waals surface area contributed by atoms with Crippen LogP contribution in [0.4, 0.5) is 0 Å². The topological polar surface area (TPSA) is 13.1 Å². The molecule has 0 unspecified atom stereocenters. The summed E-state index contributed by atoms with van der Waals surface area (Å²) in [5, 5.41) is 14.7. The highest BCUT2D eigenvalue weighted by molar-refractivity contribution is 6.30. The molecule has 1 nitrogen and oxygen atoms in total. The number of benzene rings is 9. The minimum Gasteiger partial charge on any atom is -0.455 e. The molecule has 0 aliphatic heterocycles. The summed E-state index contributed by atoms with van der Waals surface area (Å²) in [6.45, 7) is 0. The van der Waals surface area contributed by atoms with Crippen LogP contribution in [0, 0.1) is 0 Å².